The molecular weight excluding hydrogens is 261 g/mol. The standard InChI is InChI=1S/C16H21ClFN/c17-14-8-12(18)4-5-13(14)16(11-19)9-15(10-16)6-2-1-3-7-15/h4-5,8H,1-3,6-7,9-11,19H2. The van der Waals surface area contributed by atoms with Crippen molar-refractivity contribution < 1.29 is 4.39 Å². The van der Waals surface area contributed by atoms with E-state index in [9.17, 15) is 4.39 Å². The summed E-state index contributed by atoms with van der Waals surface area (Å²) in [5.41, 5.74) is 7.58. The van der Waals surface area contributed by atoms with Crippen LogP contribution in [-0.2, 0) is 5.41 Å². The van der Waals surface area contributed by atoms with E-state index in [-0.39, 0.29) is 11.2 Å². The number of hydrogen-bond donors (Lipinski definition) is 1. The average Bonchev–Trinajstić information content (AvgIpc) is 2.37. The number of hydrogen-bond acceptors (Lipinski definition) is 1. The molecule has 3 heteroatoms. The second kappa shape index (κ2) is 4.75. The molecule has 0 radical (unpaired) electrons. The molecule has 1 aromatic rings. The average molecular weight is 282 g/mol. The maximum absolute atomic E-state index is 13.2. The van der Waals surface area contributed by atoms with Gasteiger partial charge in [0.1, 0.15) is 5.82 Å². The van der Waals surface area contributed by atoms with Crippen LogP contribution in [0.3, 0.4) is 0 Å². The molecule has 0 amide bonds. The van der Waals surface area contributed by atoms with Crippen LogP contribution < -0.4 is 5.73 Å². The lowest BCUT2D eigenvalue weighted by Crippen LogP contribution is -2.54. The molecule has 0 atom stereocenters. The van der Waals surface area contributed by atoms with Gasteiger partial charge in [-0.3, -0.25) is 0 Å². The van der Waals surface area contributed by atoms with Crippen molar-refractivity contribution >= 4 is 11.6 Å². The molecule has 0 bridgehead atoms. The Hall–Kier alpha value is -0.600. The van der Waals surface area contributed by atoms with Crippen LogP contribution in [0.2, 0.25) is 5.02 Å². The molecule has 3 rings (SSSR count). The number of benzene rings is 1. The molecule has 19 heavy (non-hydrogen) atoms. The molecule has 0 unspecified atom stereocenters. The molecule has 0 aromatic heterocycles. The van der Waals surface area contributed by atoms with Crippen LogP contribution in [0.4, 0.5) is 4.39 Å². The molecule has 0 aliphatic heterocycles. The summed E-state index contributed by atoms with van der Waals surface area (Å²) in [6, 6.07) is 4.75. The predicted molar refractivity (Wildman–Crippen MR) is 76.9 cm³/mol. The summed E-state index contributed by atoms with van der Waals surface area (Å²) in [6.45, 7) is 0.611. The van der Waals surface area contributed by atoms with E-state index < -0.39 is 0 Å². The fourth-order valence-corrected chi connectivity index (χ4v) is 4.77. The fraction of sp³-hybridized carbons (Fsp3) is 0.625. The van der Waals surface area contributed by atoms with Crippen molar-refractivity contribution in [1.82, 2.24) is 0 Å². The summed E-state index contributed by atoms with van der Waals surface area (Å²) in [5.74, 6) is -0.271. The Balaban J connectivity index is 1.86. The Morgan fingerprint density at radius 3 is 2.42 bits per heavy atom. The first-order valence-electron chi connectivity index (χ1n) is 7.25. The first-order chi connectivity index (χ1) is 9.09. The molecule has 104 valence electrons. The van der Waals surface area contributed by atoms with Crippen LogP contribution in [-0.4, -0.2) is 6.54 Å². The van der Waals surface area contributed by atoms with Crippen LogP contribution in [0, 0.1) is 11.2 Å². The molecule has 1 spiro atoms. The van der Waals surface area contributed by atoms with Gasteiger partial charge < -0.3 is 5.73 Å². The lowest BCUT2D eigenvalue weighted by Gasteiger charge is -2.58. The number of rotatable bonds is 2. The molecular formula is C16H21ClFN. The largest absolute Gasteiger partial charge is 0.330 e. The van der Waals surface area contributed by atoms with Gasteiger partial charge in [0.2, 0.25) is 0 Å². The smallest absolute Gasteiger partial charge is 0.124 e. The van der Waals surface area contributed by atoms with E-state index in [1.807, 2.05) is 6.07 Å². The second-order valence-corrected chi connectivity index (χ2v) is 6.93. The summed E-state index contributed by atoms with van der Waals surface area (Å²) in [5, 5.41) is 0.538. The molecule has 2 saturated carbocycles. The SMILES string of the molecule is NCC1(c2ccc(F)cc2Cl)CC2(CCCCC2)C1. The van der Waals surface area contributed by atoms with Gasteiger partial charge in [-0.2, -0.15) is 0 Å². The zero-order valence-electron chi connectivity index (χ0n) is 11.2. The maximum atomic E-state index is 13.2. The van der Waals surface area contributed by atoms with Gasteiger partial charge in [0.15, 0.2) is 0 Å². The van der Waals surface area contributed by atoms with Gasteiger partial charge in [-0.15, -0.1) is 0 Å². The highest BCUT2D eigenvalue weighted by Gasteiger charge is 2.54. The highest BCUT2D eigenvalue weighted by molar-refractivity contribution is 6.31. The normalized spacial score (nSPS) is 24.2. The Morgan fingerprint density at radius 1 is 1.16 bits per heavy atom. The van der Waals surface area contributed by atoms with Crippen LogP contribution in [0.1, 0.15) is 50.5 Å². The van der Waals surface area contributed by atoms with Crippen molar-refractivity contribution in [2.24, 2.45) is 11.1 Å². The first-order valence-corrected chi connectivity index (χ1v) is 7.63. The van der Waals surface area contributed by atoms with E-state index >= 15 is 0 Å². The van der Waals surface area contributed by atoms with Crippen molar-refractivity contribution in [3.63, 3.8) is 0 Å². The maximum Gasteiger partial charge on any atom is 0.124 e. The highest BCUT2D eigenvalue weighted by atomic mass is 35.5. The zero-order valence-corrected chi connectivity index (χ0v) is 12.0. The van der Waals surface area contributed by atoms with Crippen LogP contribution in [0.25, 0.3) is 0 Å². The summed E-state index contributed by atoms with van der Waals surface area (Å²) >= 11 is 6.24. The van der Waals surface area contributed by atoms with Gasteiger partial charge in [0, 0.05) is 17.0 Å². The van der Waals surface area contributed by atoms with E-state index in [0.29, 0.717) is 17.0 Å². The molecule has 1 aromatic carbocycles. The van der Waals surface area contributed by atoms with Crippen molar-refractivity contribution in [3.05, 3.63) is 34.6 Å². The van der Waals surface area contributed by atoms with Crippen LogP contribution >= 0.6 is 11.6 Å². The molecule has 2 N–H and O–H groups in total. The van der Waals surface area contributed by atoms with Gasteiger partial charge in [-0.1, -0.05) is 36.9 Å². The van der Waals surface area contributed by atoms with Crippen molar-refractivity contribution in [3.8, 4) is 0 Å². The minimum atomic E-state index is -0.271. The molecule has 2 fully saturated rings. The van der Waals surface area contributed by atoms with E-state index in [1.54, 1.807) is 0 Å². The number of nitrogens with two attached hydrogens (primary N) is 1. The second-order valence-electron chi connectivity index (χ2n) is 6.52. The first kappa shape index (κ1) is 13.4. The lowest BCUT2D eigenvalue weighted by molar-refractivity contribution is -0.00831. The molecule has 2 aliphatic carbocycles. The van der Waals surface area contributed by atoms with Gasteiger partial charge in [-0.25, -0.2) is 4.39 Å². The predicted octanol–water partition coefficient (Wildman–Crippen LogP) is 4.42. The summed E-state index contributed by atoms with van der Waals surface area (Å²) in [6.07, 6.45) is 8.97. The third-order valence-corrected chi connectivity index (χ3v) is 5.55. The Morgan fingerprint density at radius 2 is 1.84 bits per heavy atom. The Labute approximate surface area is 119 Å². The van der Waals surface area contributed by atoms with Gasteiger partial charge >= 0.3 is 0 Å². The molecule has 1 nitrogen and oxygen atoms in total. The van der Waals surface area contributed by atoms with Crippen LogP contribution in [0.5, 0.6) is 0 Å². The molecule has 2 aliphatic rings. The fourth-order valence-electron chi connectivity index (χ4n) is 4.40. The quantitative estimate of drug-likeness (QED) is 0.853. The molecule has 0 saturated heterocycles. The summed E-state index contributed by atoms with van der Waals surface area (Å²) in [7, 11) is 0. The van der Waals surface area contributed by atoms with Gasteiger partial charge in [0.05, 0.1) is 0 Å². The monoisotopic (exact) mass is 281 g/mol. The zero-order chi connectivity index (χ0) is 13.5. The minimum absolute atomic E-state index is 0.0118. The summed E-state index contributed by atoms with van der Waals surface area (Å²) < 4.78 is 13.2. The minimum Gasteiger partial charge on any atom is -0.330 e. The third kappa shape index (κ3) is 2.19. The van der Waals surface area contributed by atoms with Crippen molar-refractivity contribution in [1.29, 1.82) is 0 Å². The van der Waals surface area contributed by atoms with Crippen LogP contribution in [0.15, 0.2) is 18.2 Å². The topological polar surface area (TPSA) is 26.0 Å². The molecule has 0 heterocycles. The Kier molecular flexibility index (Phi) is 3.34. The summed E-state index contributed by atoms with van der Waals surface area (Å²) in [4.78, 5) is 0. The third-order valence-electron chi connectivity index (χ3n) is 5.23. The van der Waals surface area contributed by atoms with Gasteiger partial charge in [-0.05, 0) is 48.8 Å². The van der Waals surface area contributed by atoms with E-state index in [4.69, 9.17) is 17.3 Å². The van der Waals surface area contributed by atoms with E-state index in [2.05, 4.69) is 0 Å². The van der Waals surface area contributed by atoms with Gasteiger partial charge in [0.25, 0.3) is 0 Å². The van der Waals surface area contributed by atoms with E-state index in [0.717, 1.165) is 18.4 Å². The number of halogens is 2. The highest BCUT2D eigenvalue weighted by Crippen LogP contribution is 2.62. The van der Waals surface area contributed by atoms with Crippen molar-refractivity contribution in [2.45, 2.75) is 50.4 Å². The van der Waals surface area contributed by atoms with E-state index in [1.165, 1.54) is 44.2 Å². The Bertz CT molecular complexity index is 472. The van der Waals surface area contributed by atoms with Crippen molar-refractivity contribution in [2.75, 3.05) is 6.54 Å². The lowest BCUT2D eigenvalue weighted by atomic mass is 9.46.